The third kappa shape index (κ3) is 5.61. The molecule has 2 heterocycles. The molecule has 1 aliphatic carbocycles. The van der Waals surface area contributed by atoms with Crippen LogP contribution in [0, 0.1) is 0 Å². The van der Waals surface area contributed by atoms with Gasteiger partial charge in [0, 0.05) is 38.0 Å². The summed E-state index contributed by atoms with van der Waals surface area (Å²) in [6.07, 6.45) is 4.94. The second-order valence-corrected chi connectivity index (χ2v) is 11.5. The average molecular weight is 558 g/mol. The molecule has 0 unspecified atom stereocenters. The molecule has 0 aromatic heterocycles. The second-order valence-electron chi connectivity index (χ2n) is 11.1. The Labute approximate surface area is 241 Å². The van der Waals surface area contributed by atoms with Crippen molar-refractivity contribution in [3.05, 3.63) is 88.4 Å². The SMILES string of the molecule is O=C(NCCCN1CCCC1)c1ccc(OC2CCN(C(=O)C3c4ccccc4-c4ccccc43)CC2)c(Cl)c1. The Morgan fingerprint density at radius 3 is 2.17 bits per heavy atom. The molecule has 2 fully saturated rings. The van der Waals surface area contributed by atoms with Crippen LogP contribution in [0.25, 0.3) is 11.1 Å². The molecule has 0 atom stereocenters. The lowest BCUT2D eigenvalue weighted by atomic mass is 9.94. The van der Waals surface area contributed by atoms with Crippen LogP contribution in [0.4, 0.5) is 0 Å². The Morgan fingerprint density at radius 1 is 0.875 bits per heavy atom. The van der Waals surface area contributed by atoms with Gasteiger partial charge in [-0.05, 0) is 79.3 Å². The van der Waals surface area contributed by atoms with E-state index in [2.05, 4.69) is 34.5 Å². The number of hydrogen-bond donors (Lipinski definition) is 1. The lowest BCUT2D eigenvalue weighted by Crippen LogP contribution is -2.43. The van der Waals surface area contributed by atoms with E-state index >= 15 is 0 Å². The van der Waals surface area contributed by atoms with Gasteiger partial charge in [0.05, 0.1) is 10.9 Å². The predicted octanol–water partition coefficient (Wildman–Crippen LogP) is 5.74. The fourth-order valence-electron chi connectivity index (χ4n) is 6.33. The third-order valence-electron chi connectivity index (χ3n) is 8.46. The van der Waals surface area contributed by atoms with Gasteiger partial charge in [-0.1, -0.05) is 60.1 Å². The Bertz CT molecular complexity index is 1330. The van der Waals surface area contributed by atoms with Crippen molar-refractivity contribution in [1.82, 2.24) is 15.1 Å². The van der Waals surface area contributed by atoms with Gasteiger partial charge in [0.15, 0.2) is 0 Å². The van der Waals surface area contributed by atoms with E-state index in [0.29, 0.717) is 36.0 Å². The van der Waals surface area contributed by atoms with Crippen LogP contribution in [0.2, 0.25) is 5.02 Å². The summed E-state index contributed by atoms with van der Waals surface area (Å²) in [5.41, 5.74) is 5.03. The summed E-state index contributed by atoms with van der Waals surface area (Å²) >= 11 is 6.52. The molecule has 1 N–H and O–H groups in total. The molecule has 6 rings (SSSR count). The molecular weight excluding hydrogens is 522 g/mol. The van der Waals surface area contributed by atoms with Crippen LogP contribution in [0.3, 0.4) is 0 Å². The number of halogens is 1. The summed E-state index contributed by atoms with van der Waals surface area (Å²) < 4.78 is 6.24. The monoisotopic (exact) mass is 557 g/mol. The number of likely N-dealkylation sites (tertiary alicyclic amines) is 2. The number of nitrogens with one attached hydrogen (secondary N) is 1. The van der Waals surface area contributed by atoms with Gasteiger partial charge in [0.1, 0.15) is 11.9 Å². The van der Waals surface area contributed by atoms with E-state index in [1.54, 1.807) is 18.2 Å². The van der Waals surface area contributed by atoms with Crippen LogP contribution in [0.5, 0.6) is 5.75 Å². The maximum absolute atomic E-state index is 13.7. The molecule has 2 amide bonds. The van der Waals surface area contributed by atoms with Gasteiger partial charge in [-0.3, -0.25) is 9.59 Å². The van der Waals surface area contributed by atoms with Crippen molar-refractivity contribution in [3.63, 3.8) is 0 Å². The molecule has 3 aromatic rings. The molecule has 3 aromatic carbocycles. The van der Waals surface area contributed by atoms with Crippen molar-refractivity contribution in [2.75, 3.05) is 39.3 Å². The second kappa shape index (κ2) is 12.0. The van der Waals surface area contributed by atoms with E-state index in [1.807, 2.05) is 29.2 Å². The van der Waals surface area contributed by atoms with Gasteiger partial charge < -0.3 is 19.9 Å². The van der Waals surface area contributed by atoms with Crippen molar-refractivity contribution in [1.29, 1.82) is 0 Å². The Morgan fingerprint density at radius 2 is 1.52 bits per heavy atom. The lowest BCUT2D eigenvalue weighted by molar-refractivity contribution is -0.133. The van der Waals surface area contributed by atoms with E-state index < -0.39 is 0 Å². The summed E-state index contributed by atoms with van der Waals surface area (Å²) in [5, 5.41) is 3.43. The fraction of sp³-hybridized carbons (Fsp3) is 0.394. The first-order valence-corrected chi connectivity index (χ1v) is 14.9. The van der Waals surface area contributed by atoms with Crippen LogP contribution in [0.15, 0.2) is 66.7 Å². The third-order valence-corrected chi connectivity index (χ3v) is 8.75. The van der Waals surface area contributed by atoms with Crippen LogP contribution in [-0.2, 0) is 4.79 Å². The Kier molecular flexibility index (Phi) is 8.08. The molecular formula is C33H36ClN3O3. The standard InChI is InChI=1S/C33H36ClN3O3/c34-29-22-23(32(38)35-16-7-19-36-17-5-6-18-36)12-13-30(29)40-24-14-20-37(21-15-24)33(39)31-27-10-3-1-8-25(27)26-9-2-4-11-28(26)31/h1-4,8-13,22,24,31H,5-7,14-21H2,(H,35,38). The van der Waals surface area contributed by atoms with E-state index in [9.17, 15) is 9.59 Å². The van der Waals surface area contributed by atoms with Gasteiger partial charge >= 0.3 is 0 Å². The van der Waals surface area contributed by atoms with Crippen molar-refractivity contribution in [2.45, 2.75) is 44.1 Å². The van der Waals surface area contributed by atoms with Crippen molar-refractivity contribution in [2.24, 2.45) is 0 Å². The van der Waals surface area contributed by atoms with Crippen molar-refractivity contribution >= 4 is 23.4 Å². The smallest absolute Gasteiger partial charge is 0.251 e. The number of ether oxygens (including phenoxy) is 1. The molecule has 0 bridgehead atoms. The number of carbonyl (C=O) groups is 2. The molecule has 6 nitrogen and oxygen atoms in total. The maximum Gasteiger partial charge on any atom is 0.251 e. The van der Waals surface area contributed by atoms with Crippen molar-refractivity contribution < 1.29 is 14.3 Å². The zero-order valence-electron chi connectivity index (χ0n) is 22.8. The summed E-state index contributed by atoms with van der Waals surface area (Å²) in [5.74, 6) is 0.371. The van der Waals surface area contributed by atoms with Gasteiger partial charge in [0.2, 0.25) is 5.91 Å². The number of carbonyl (C=O) groups excluding carboxylic acids is 2. The number of hydrogen-bond acceptors (Lipinski definition) is 4. The normalized spacial score (nSPS) is 17.5. The van der Waals surface area contributed by atoms with Gasteiger partial charge in [-0.25, -0.2) is 0 Å². The molecule has 0 saturated carbocycles. The molecule has 208 valence electrons. The Balaban J connectivity index is 1.01. The zero-order valence-corrected chi connectivity index (χ0v) is 23.5. The number of benzene rings is 3. The number of piperidine rings is 1. The zero-order chi connectivity index (χ0) is 27.5. The highest BCUT2D eigenvalue weighted by atomic mass is 35.5. The van der Waals surface area contributed by atoms with Gasteiger partial charge in [-0.2, -0.15) is 0 Å². The number of nitrogens with zero attached hydrogens (tertiary/aromatic N) is 2. The predicted molar refractivity (Wildman–Crippen MR) is 158 cm³/mol. The highest BCUT2D eigenvalue weighted by molar-refractivity contribution is 6.32. The molecule has 3 aliphatic rings. The average Bonchev–Trinajstić information content (AvgIpc) is 3.62. The molecule has 40 heavy (non-hydrogen) atoms. The lowest BCUT2D eigenvalue weighted by Gasteiger charge is -2.34. The van der Waals surface area contributed by atoms with Crippen molar-refractivity contribution in [3.8, 4) is 16.9 Å². The minimum absolute atomic E-state index is 0.0324. The quantitative estimate of drug-likeness (QED) is 0.359. The maximum atomic E-state index is 13.7. The van der Waals surface area contributed by atoms with Gasteiger partial charge in [-0.15, -0.1) is 0 Å². The first kappa shape index (κ1) is 26.9. The summed E-state index contributed by atoms with van der Waals surface area (Å²) in [6, 6.07) is 21.7. The molecule has 2 saturated heterocycles. The Hall–Kier alpha value is -3.35. The van der Waals surface area contributed by atoms with E-state index in [-0.39, 0.29) is 23.8 Å². The highest BCUT2D eigenvalue weighted by Gasteiger charge is 2.37. The number of fused-ring (bicyclic) bond motifs is 3. The minimum Gasteiger partial charge on any atom is -0.489 e. The largest absolute Gasteiger partial charge is 0.489 e. The molecule has 7 heteroatoms. The topological polar surface area (TPSA) is 61.9 Å². The van der Waals surface area contributed by atoms with Crippen LogP contribution < -0.4 is 10.1 Å². The van der Waals surface area contributed by atoms with E-state index in [0.717, 1.165) is 48.1 Å². The summed E-state index contributed by atoms with van der Waals surface area (Å²) in [7, 11) is 0. The summed E-state index contributed by atoms with van der Waals surface area (Å²) in [6.45, 7) is 5.30. The highest BCUT2D eigenvalue weighted by Crippen LogP contribution is 2.45. The van der Waals surface area contributed by atoms with Crippen LogP contribution >= 0.6 is 11.6 Å². The molecule has 0 spiro atoms. The van der Waals surface area contributed by atoms with Crippen LogP contribution in [-0.4, -0.2) is 67.0 Å². The number of amides is 2. The first-order chi connectivity index (χ1) is 19.6. The molecule has 2 aliphatic heterocycles. The van der Waals surface area contributed by atoms with Crippen LogP contribution in [0.1, 0.15) is 59.5 Å². The van der Waals surface area contributed by atoms with Gasteiger partial charge in [0.25, 0.3) is 5.91 Å². The number of rotatable bonds is 8. The minimum atomic E-state index is -0.252. The van der Waals surface area contributed by atoms with E-state index in [4.69, 9.17) is 16.3 Å². The fourth-order valence-corrected chi connectivity index (χ4v) is 6.55. The first-order valence-electron chi connectivity index (χ1n) is 14.5. The molecule has 0 radical (unpaired) electrons. The summed E-state index contributed by atoms with van der Waals surface area (Å²) in [4.78, 5) is 30.7. The van der Waals surface area contributed by atoms with E-state index in [1.165, 1.54) is 25.9 Å².